The van der Waals surface area contributed by atoms with Gasteiger partial charge in [0.15, 0.2) is 0 Å². The molecule has 0 aromatic heterocycles. The van der Waals surface area contributed by atoms with E-state index in [0.717, 1.165) is 32.5 Å². The lowest BCUT2D eigenvalue weighted by Gasteiger charge is -2.39. The third-order valence-corrected chi connectivity index (χ3v) is 2.41. The zero-order chi connectivity index (χ0) is 9.80. The number of piperazine rings is 1. The predicted molar refractivity (Wildman–Crippen MR) is 53.8 cm³/mol. The van der Waals surface area contributed by atoms with E-state index in [9.17, 15) is 4.79 Å². The number of nitrogens with zero attached hydrogens (tertiary/aromatic N) is 3. The van der Waals surface area contributed by atoms with Crippen molar-refractivity contribution in [1.82, 2.24) is 15.3 Å². The summed E-state index contributed by atoms with van der Waals surface area (Å²) in [6.07, 6.45) is 6.14. The molecule has 5 nitrogen and oxygen atoms in total. The van der Waals surface area contributed by atoms with Gasteiger partial charge in [-0.2, -0.15) is 0 Å². The second kappa shape index (κ2) is 4.34. The molecule has 2 rings (SSSR count). The maximum Gasteiger partial charge on any atom is 0.149 e. The molecule has 2 aliphatic rings. The first-order valence-corrected chi connectivity index (χ1v) is 4.81. The van der Waals surface area contributed by atoms with Gasteiger partial charge in [0.1, 0.15) is 12.3 Å². The Bertz CT molecular complexity index is 258. The summed E-state index contributed by atoms with van der Waals surface area (Å²) in [5, 5.41) is 7.38. The summed E-state index contributed by atoms with van der Waals surface area (Å²) >= 11 is 0. The number of carbonyl (C=O) groups is 1. The van der Waals surface area contributed by atoms with Crippen LogP contribution < -0.4 is 5.32 Å². The van der Waals surface area contributed by atoms with E-state index >= 15 is 0 Å². The van der Waals surface area contributed by atoms with Gasteiger partial charge in [0.2, 0.25) is 0 Å². The third kappa shape index (κ3) is 1.83. The summed E-state index contributed by atoms with van der Waals surface area (Å²) in [6, 6.07) is -0.238. The molecule has 1 N–H and O–H groups in total. The Balaban J connectivity index is 2.03. The lowest BCUT2D eigenvalue weighted by atomic mass is 10.3. The molecule has 1 fully saturated rings. The summed E-state index contributed by atoms with van der Waals surface area (Å²) in [6.45, 7) is 3.80. The number of rotatable bonds is 2. The quantitative estimate of drug-likeness (QED) is 0.587. The number of hydrogen-bond donors (Lipinski definition) is 1. The van der Waals surface area contributed by atoms with Crippen molar-refractivity contribution >= 4 is 12.5 Å². The second-order valence-electron chi connectivity index (χ2n) is 3.31. The van der Waals surface area contributed by atoms with E-state index in [-0.39, 0.29) is 6.04 Å². The van der Waals surface area contributed by atoms with Gasteiger partial charge >= 0.3 is 0 Å². The molecule has 0 saturated carbocycles. The lowest BCUT2D eigenvalue weighted by Crippen LogP contribution is -2.54. The SMILES string of the molecule is O=CC1C=NC=CN1N1CCNCC1. The fraction of sp³-hybridized carbons (Fsp3) is 0.556. The smallest absolute Gasteiger partial charge is 0.149 e. The Morgan fingerprint density at radius 2 is 2.21 bits per heavy atom. The minimum Gasteiger partial charge on any atom is -0.314 e. The van der Waals surface area contributed by atoms with Gasteiger partial charge in [0.25, 0.3) is 0 Å². The Labute approximate surface area is 83.1 Å². The van der Waals surface area contributed by atoms with E-state index in [4.69, 9.17) is 0 Å². The Hall–Kier alpha value is -1.20. The molecule has 2 aliphatic heterocycles. The summed E-state index contributed by atoms with van der Waals surface area (Å²) < 4.78 is 0. The van der Waals surface area contributed by atoms with Crippen molar-refractivity contribution in [1.29, 1.82) is 0 Å². The standard InChI is InChI=1S/C9H14N4O/c14-8-9-7-11-3-6-13(9)12-4-1-10-2-5-12/h3,6-10H,1-2,4-5H2. The van der Waals surface area contributed by atoms with Gasteiger partial charge in [-0.15, -0.1) is 0 Å². The fourth-order valence-corrected chi connectivity index (χ4v) is 1.68. The minimum atomic E-state index is -0.238. The van der Waals surface area contributed by atoms with Crippen LogP contribution in [0.15, 0.2) is 17.4 Å². The molecule has 0 aliphatic carbocycles. The highest BCUT2D eigenvalue weighted by atomic mass is 16.1. The molecule has 2 heterocycles. The van der Waals surface area contributed by atoms with Gasteiger partial charge in [-0.3, -0.25) is 10.0 Å². The van der Waals surface area contributed by atoms with E-state index in [1.165, 1.54) is 0 Å². The van der Waals surface area contributed by atoms with Gasteiger partial charge < -0.3 is 10.1 Å². The monoisotopic (exact) mass is 194 g/mol. The molecule has 0 amide bonds. The number of aliphatic imine (C=N–C) groups is 1. The van der Waals surface area contributed by atoms with Crippen LogP contribution in [0.2, 0.25) is 0 Å². The Morgan fingerprint density at radius 1 is 1.43 bits per heavy atom. The molecule has 0 radical (unpaired) electrons. The summed E-state index contributed by atoms with van der Waals surface area (Å²) in [4.78, 5) is 14.8. The fourth-order valence-electron chi connectivity index (χ4n) is 1.68. The normalized spacial score (nSPS) is 28.0. The zero-order valence-corrected chi connectivity index (χ0v) is 7.97. The van der Waals surface area contributed by atoms with Crippen LogP contribution in [0.25, 0.3) is 0 Å². The number of carbonyl (C=O) groups excluding carboxylic acids is 1. The molecule has 0 aromatic rings. The molecule has 0 spiro atoms. The van der Waals surface area contributed by atoms with Crippen LogP contribution >= 0.6 is 0 Å². The molecule has 76 valence electrons. The van der Waals surface area contributed by atoms with Crippen molar-refractivity contribution in [3.8, 4) is 0 Å². The highest BCUT2D eigenvalue weighted by Crippen LogP contribution is 2.08. The van der Waals surface area contributed by atoms with Gasteiger partial charge in [-0.1, -0.05) is 0 Å². The molecule has 0 bridgehead atoms. The van der Waals surface area contributed by atoms with Gasteiger partial charge in [0, 0.05) is 44.8 Å². The first kappa shape index (κ1) is 9.36. The second-order valence-corrected chi connectivity index (χ2v) is 3.31. The van der Waals surface area contributed by atoms with Crippen LogP contribution in [0.5, 0.6) is 0 Å². The highest BCUT2D eigenvalue weighted by molar-refractivity contribution is 5.86. The number of nitrogens with one attached hydrogen (secondary N) is 1. The molecule has 1 saturated heterocycles. The molecule has 0 aromatic carbocycles. The van der Waals surface area contributed by atoms with Crippen LogP contribution in [0.1, 0.15) is 0 Å². The Kier molecular flexibility index (Phi) is 2.90. The average Bonchev–Trinajstić information content (AvgIpc) is 2.30. The first-order valence-electron chi connectivity index (χ1n) is 4.81. The van der Waals surface area contributed by atoms with Crippen LogP contribution in [0, 0.1) is 0 Å². The van der Waals surface area contributed by atoms with Crippen LogP contribution in [0.4, 0.5) is 0 Å². The maximum atomic E-state index is 10.8. The zero-order valence-electron chi connectivity index (χ0n) is 7.97. The maximum absolute atomic E-state index is 10.8. The van der Waals surface area contributed by atoms with Gasteiger partial charge in [0.05, 0.1) is 0 Å². The van der Waals surface area contributed by atoms with Crippen LogP contribution in [0.3, 0.4) is 0 Å². The average molecular weight is 194 g/mol. The summed E-state index contributed by atoms with van der Waals surface area (Å²) in [5.74, 6) is 0. The summed E-state index contributed by atoms with van der Waals surface area (Å²) in [5.41, 5.74) is 0. The first-order chi connectivity index (χ1) is 6.92. The van der Waals surface area contributed by atoms with Crippen LogP contribution in [-0.2, 0) is 4.79 Å². The highest BCUT2D eigenvalue weighted by Gasteiger charge is 2.22. The summed E-state index contributed by atoms with van der Waals surface area (Å²) in [7, 11) is 0. The number of hydrogen-bond acceptors (Lipinski definition) is 5. The molecule has 1 atom stereocenters. The van der Waals surface area contributed by atoms with Crippen LogP contribution in [-0.4, -0.2) is 54.7 Å². The van der Waals surface area contributed by atoms with E-state index in [0.29, 0.717) is 0 Å². The molecular formula is C9H14N4O. The number of hydrazine groups is 1. The van der Waals surface area contributed by atoms with Crippen molar-refractivity contribution in [3.63, 3.8) is 0 Å². The van der Waals surface area contributed by atoms with Crippen molar-refractivity contribution in [2.75, 3.05) is 26.2 Å². The van der Waals surface area contributed by atoms with Gasteiger partial charge in [-0.25, -0.2) is 5.01 Å². The van der Waals surface area contributed by atoms with Crippen molar-refractivity contribution in [3.05, 3.63) is 12.4 Å². The molecular weight excluding hydrogens is 180 g/mol. The molecule has 1 unspecified atom stereocenters. The van der Waals surface area contributed by atoms with E-state index in [1.54, 1.807) is 12.4 Å². The number of aldehydes is 1. The minimum absolute atomic E-state index is 0.238. The Morgan fingerprint density at radius 3 is 2.93 bits per heavy atom. The predicted octanol–water partition coefficient (Wildman–Crippen LogP) is -0.768. The van der Waals surface area contributed by atoms with Crippen molar-refractivity contribution < 1.29 is 4.79 Å². The van der Waals surface area contributed by atoms with Crippen molar-refractivity contribution in [2.45, 2.75) is 6.04 Å². The van der Waals surface area contributed by atoms with Crippen molar-refractivity contribution in [2.24, 2.45) is 4.99 Å². The molecule has 14 heavy (non-hydrogen) atoms. The van der Waals surface area contributed by atoms with E-state index in [2.05, 4.69) is 15.3 Å². The third-order valence-electron chi connectivity index (χ3n) is 2.41. The topological polar surface area (TPSA) is 47.9 Å². The van der Waals surface area contributed by atoms with E-state index < -0.39 is 0 Å². The van der Waals surface area contributed by atoms with Gasteiger partial charge in [-0.05, 0) is 0 Å². The lowest BCUT2D eigenvalue weighted by molar-refractivity contribution is -0.114. The largest absolute Gasteiger partial charge is 0.314 e. The van der Waals surface area contributed by atoms with E-state index in [1.807, 2.05) is 11.2 Å². The molecule has 5 heteroatoms.